The Bertz CT molecular complexity index is 290. The van der Waals surface area contributed by atoms with Gasteiger partial charge >= 0.3 is 0 Å². The average Bonchev–Trinajstić information content (AvgIpc) is 2.25. The molecule has 0 aliphatic carbocycles. The SMILES string of the molecule is CCOCCOc1ncccc1[C@H](C)N. The molecule has 4 nitrogen and oxygen atoms in total. The number of pyridine rings is 1. The zero-order valence-corrected chi connectivity index (χ0v) is 9.27. The minimum absolute atomic E-state index is 0.0687. The summed E-state index contributed by atoms with van der Waals surface area (Å²) in [5.74, 6) is 0.604. The second-order valence-electron chi connectivity index (χ2n) is 3.23. The lowest BCUT2D eigenvalue weighted by Crippen LogP contribution is -2.12. The molecule has 0 amide bonds. The van der Waals surface area contributed by atoms with Gasteiger partial charge in [-0.05, 0) is 19.9 Å². The maximum Gasteiger partial charge on any atom is 0.218 e. The first-order chi connectivity index (χ1) is 7.25. The van der Waals surface area contributed by atoms with Crippen molar-refractivity contribution in [2.75, 3.05) is 19.8 Å². The summed E-state index contributed by atoms with van der Waals surface area (Å²) in [6, 6.07) is 3.71. The van der Waals surface area contributed by atoms with Crippen molar-refractivity contribution in [3.05, 3.63) is 23.9 Å². The van der Waals surface area contributed by atoms with Gasteiger partial charge in [0.2, 0.25) is 5.88 Å². The third kappa shape index (κ3) is 3.85. The number of hydrogen-bond donors (Lipinski definition) is 1. The third-order valence-corrected chi connectivity index (χ3v) is 1.96. The largest absolute Gasteiger partial charge is 0.475 e. The molecular formula is C11H18N2O2. The monoisotopic (exact) mass is 210 g/mol. The number of aromatic nitrogens is 1. The Labute approximate surface area is 90.4 Å². The molecule has 0 saturated heterocycles. The fourth-order valence-corrected chi connectivity index (χ4v) is 1.21. The highest BCUT2D eigenvalue weighted by Gasteiger charge is 2.07. The molecule has 1 aromatic rings. The van der Waals surface area contributed by atoms with Crippen LogP contribution in [0.5, 0.6) is 5.88 Å². The molecule has 1 atom stereocenters. The van der Waals surface area contributed by atoms with Crippen LogP contribution in [0.4, 0.5) is 0 Å². The van der Waals surface area contributed by atoms with Crippen LogP contribution in [-0.4, -0.2) is 24.8 Å². The first-order valence-electron chi connectivity index (χ1n) is 5.16. The molecule has 0 bridgehead atoms. The number of rotatable bonds is 6. The summed E-state index contributed by atoms with van der Waals surface area (Å²) >= 11 is 0. The zero-order chi connectivity index (χ0) is 11.1. The van der Waals surface area contributed by atoms with Crippen molar-refractivity contribution < 1.29 is 9.47 Å². The van der Waals surface area contributed by atoms with E-state index in [0.717, 1.165) is 5.56 Å². The van der Waals surface area contributed by atoms with Gasteiger partial charge in [-0.15, -0.1) is 0 Å². The Hall–Kier alpha value is -1.13. The summed E-state index contributed by atoms with van der Waals surface area (Å²) in [7, 11) is 0. The van der Waals surface area contributed by atoms with Crippen molar-refractivity contribution in [3.8, 4) is 5.88 Å². The molecule has 15 heavy (non-hydrogen) atoms. The lowest BCUT2D eigenvalue weighted by molar-refractivity contribution is 0.108. The van der Waals surface area contributed by atoms with Gasteiger partial charge in [0.25, 0.3) is 0 Å². The van der Waals surface area contributed by atoms with Gasteiger partial charge in [-0.1, -0.05) is 6.07 Å². The predicted molar refractivity (Wildman–Crippen MR) is 58.8 cm³/mol. The van der Waals surface area contributed by atoms with Crippen LogP contribution in [0.25, 0.3) is 0 Å². The van der Waals surface area contributed by atoms with Gasteiger partial charge in [-0.2, -0.15) is 0 Å². The van der Waals surface area contributed by atoms with E-state index >= 15 is 0 Å². The van der Waals surface area contributed by atoms with Crippen LogP contribution in [0.15, 0.2) is 18.3 Å². The lowest BCUT2D eigenvalue weighted by atomic mass is 10.1. The van der Waals surface area contributed by atoms with Gasteiger partial charge in [0.1, 0.15) is 6.61 Å². The average molecular weight is 210 g/mol. The van der Waals surface area contributed by atoms with E-state index in [1.807, 2.05) is 26.0 Å². The van der Waals surface area contributed by atoms with Crippen molar-refractivity contribution in [1.82, 2.24) is 4.98 Å². The molecule has 0 aliphatic rings. The molecule has 0 fully saturated rings. The first kappa shape index (κ1) is 11.9. The highest BCUT2D eigenvalue weighted by Crippen LogP contribution is 2.19. The van der Waals surface area contributed by atoms with Crippen LogP contribution < -0.4 is 10.5 Å². The smallest absolute Gasteiger partial charge is 0.218 e. The molecule has 0 aromatic carbocycles. The van der Waals surface area contributed by atoms with E-state index < -0.39 is 0 Å². The van der Waals surface area contributed by atoms with Crippen LogP contribution >= 0.6 is 0 Å². The molecule has 0 aliphatic heterocycles. The number of nitrogens with zero attached hydrogens (tertiary/aromatic N) is 1. The first-order valence-corrected chi connectivity index (χ1v) is 5.16. The standard InChI is InChI=1S/C11H18N2O2/c1-3-14-7-8-15-11-10(9(2)12)5-4-6-13-11/h4-6,9H,3,7-8,12H2,1-2H3/t9-/m0/s1. The van der Waals surface area contributed by atoms with Crippen molar-refractivity contribution in [2.45, 2.75) is 19.9 Å². The molecule has 1 aromatic heterocycles. The number of nitrogens with two attached hydrogens (primary N) is 1. The van der Waals surface area contributed by atoms with Crippen molar-refractivity contribution in [1.29, 1.82) is 0 Å². The van der Waals surface area contributed by atoms with Gasteiger partial charge in [0.05, 0.1) is 6.61 Å². The molecule has 1 rings (SSSR count). The molecule has 1 heterocycles. The molecule has 84 valence electrons. The quantitative estimate of drug-likeness (QED) is 0.723. The fraction of sp³-hybridized carbons (Fsp3) is 0.545. The van der Waals surface area contributed by atoms with Gasteiger partial charge in [-0.25, -0.2) is 4.98 Å². The van der Waals surface area contributed by atoms with Crippen LogP contribution in [0, 0.1) is 0 Å². The molecule has 0 unspecified atom stereocenters. The Morgan fingerprint density at radius 1 is 1.47 bits per heavy atom. The highest BCUT2D eigenvalue weighted by molar-refractivity contribution is 5.27. The normalized spacial score (nSPS) is 12.5. The Kier molecular flexibility index (Phi) is 5.07. The second kappa shape index (κ2) is 6.37. The summed E-state index contributed by atoms with van der Waals surface area (Å²) in [5, 5.41) is 0. The molecule has 4 heteroatoms. The van der Waals surface area contributed by atoms with Crippen molar-refractivity contribution >= 4 is 0 Å². The predicted octanol–water partition coefficient (Wildman–Crippen LogP) is 1.52. The van der Waals surface area contributed by atoms with Gasteiger partial charge in [0.15, 0.2) is 0 Å². The Morgan fingerprint density at radius 3 is 2.93 bits per heavy atom. The fourth-order valence-electron chi connectivity index (χ4n) is 1.21. The zero-order valence-electron chi connectivity index (χ0n) is 9.27. The maximum atomic E-state index is 5.79. The second-order valence-corrected chi connectivity index (χ2v) is 3.23. The van der Waals surface area contributed by atoms with Gasteiger partial charge in [0, 0.05) is 24.4 Å². The summed E-state index contributed by atoms with van der Waals surface area (Å²) in [4.78, 5) is 4.14. The Morgan fingerprint density at radius 2 is 2.27 bits per heavy atom. The van der Waals surface area contributed by atoms with Crippen molar-refractivity contribution in [2.24, 2.45) is 5.73 Å². The van der Waals surface area contributed by atoms with Gasteiger partial charge < -0.3 is 15.2 Å². The molecule has 2 N–H and O–H groups in total. The van der Waals surface area contributed by atoms with E-state index in [9.17, 15) is 0 Å². The number of hydrogen-bond acceptors (Lipinski definition) is 4. The number of ether oxygens (including phenoxy) is 2. The topological polar surface area (TPSA) is 57.4 Å². The van der Waals surface area contributed by atoms with Crippen LogP contribution in [0.2, 0.25) is 0 Å². The summed E-state index contributed by atoms with van der Waals surface area (Å²) in [6.45, 7) is 5.64. The summed E-state index contributed by atoms with van der Waals surface area (Å²) < 4.78 is 10.7. The Balaban J connectivity index is 2.52. The molecule has 0 saturated carbocycles. The lowest BCUT2D eigenvalue weighted by Gasteiger charge is -2.12. The molecule has 0 radical (unpaired) electrons. The summed E-state index contributed by atoms with van der Waals surface area (Å²) in [5.41, 5.74) is 6.72. The molecule has 0 spiro atoms. The van der Waals surface area contributed by atoms with E-state index in [1.165, 1.54) is 0 Å². The van der Waals surface area contributed by atoms with Crippen LogP contribution in [-0.2, 0) is 4.74 Å². The van der Waals surface area contributed by atoms with E-state index in [1.54, 1.807) is 6.20 Å². The van der Waals surface area contributed by atoms with Gasteiger partial charge in [-0.3, -0.25) is 0 Å². The van der Waals surface area contributed by atoms with Crippen LogP contribution in [0.1, 0.15) is 25.5 Å². The third-order valence-electron chi connectivity index (χ3n) is 1.96. The molecular weight excluding hydrogens is 192 g/mol. The van der Waals surface area contributed by atoms with E-state index in [2.05, 4.69) is 4.98 Å². The van der Waals surface area contributed by atoms with E-state index in [-0.39, 0.29) is 6.04 Å². The highest BCUT2D eigenvalue weighted by atomic mass is 16.5. The van der Waals surface area contributed by atoms with E-state index in [4.69, 9.17) is 15.2 Å². The van der Waals surface area contributed by atoms with Crippen LogP contribution in [0.3, 0.4) is 0 Å². The maximum absolute atomic E-state index is 5.79. The minimum atomic E-state index is -0.0687. The summed E-state index contributed by atoms with van der Waals surface area (Å²) in [6.07, 6.45) is 1.70. The minimum Gasteiger partial charge on any atom is -0.475 e. The van der Waals surface area contributed by atoms with Crippen molar-refractivity contribution in [3.63, 3.8) is 0 Å². The van der Waals surface area contributed by atoms with E-state index in [0.29, 0.717) is 25.7 Å².